The second-order valence-electron chi connectivity index (χ2n) is 6.77. The summed E-state index contributed by atoms with van der Waals surface area (Å²) in [7, 11) is 0. The maximum atomic E-state index is 13.1. The molecule has 0 bridgehead atoms. The monoisotopic (exact) mass is 393 g/mol. The van der Waals surface area contributed by atoms with E-state index in [1.807, 2.05) is 23.3 Å². The summed E-state index contributed by atoms with van der Waals surface area (Å²) in [5.74, 6) is 0.0311. The molecule has 0 saturated carbocycles. The van der Waals surface area contributed by atoms with E-state index in [0.717, 1.165) is 5.56 Å². The molecule has 1 amide bonds. The number of nitrogens with zero attached hydrogens (tertiary/aromatic N) is 3. The summed E-state index contributed by atoms with van der Waals surface area (Å²) in [6.07, 6.45) is 1.82. The smallest absolute Gasteiger partial charge is 0.233 e. The molecule has 2 heterocycles. The number of imidazole rings is 1. The van der Waals surface area contributed by atoms with Crippen molar-refractivity contribution in [3.05, 3.63) is 47.5 Å². The van der Waals surface area contributed by atoms with Crippen LogP contribution in [0, 0.1) is 5.82 Å². The third kappa shape index (κ3) is 5.31. The fourth-order valence-corrected chi connectivity index (χ4v) is 4.04. The molecule has 6 nitrogen and oxygen atoms in total. The first kappa shape index (κ1) is 19.9. The van der Waals surface area contributed by atoms with E-state index in [2.05, 4.69) is 4.98 Å². The van der Waals surface area contributed by atoms with Crippen LogP contribution in [-0.4, -0.2) is 56.5 Å². The standard InChI is InChI=1S/C19H24FN3O3S/c1-13-7-22(8-14(2)26-13)18(25)12-27-19-21-17(11-24)10-23(19)9-15-3-5-16(20)6-4-15/h3-6,10,13-14,24H,7-9,11-12H2,1-2H3/t13-,14-/m1/s1. The summed E-state index contributed by atoms with van der Waals surface area (Å²) in [5.41, 5.74) is 1.46. The van der Waals surface area contributed by atoms with Crippen LogP contribution in [0.15, 0.2) is 35.6 Å². The van der Waals surface area contributed by atoms with Crippen molar-refractivity contribution in [1.29, 1.82) is 0 Å². The van der Waals surface area contributed by atoms with E-state index in [1.165, 1.54) is 23.9 Å². The van der Waals surface area contributed by atoms with Gasteiger partial charge in [-0.2, -0.15) is 0 Å². The highest BCUT2D eigenvalue weighted by molar-refractivity contribution is 7.99. The second kappa shape index (κ2) is 8.86. The molecule has 3 rings (SSSR count). The molecule has 2 atom stereocenters. The number of morpholine rings is 1. The van der Waals surface area contributed by atoms with Crippen LogP contribution in [0.3, 0.4) is 0 Å². The second-order valence-corrected chi connectivity index (χ2v) is 7.71. The largest absolute Gasteiger partial charge is 0.390 e. The van der Waals surface area contributed by atoms with Crippen molar-refractivity contribution in [2.75, 3.05) is 18.8 Å². The van der Waals surface area contributed by atoms with Crippen LogP contribution >= 0.6 is 11.8 Å². The van der Waals surface area contributed by atoms with Crippen molar-refractivity contribution < 1.29 is 19.0 Å². The lowest BCUT2D eigenvalue weighted by Gasteiger charge is -2.35. The van der Waals surface area contributed by atoms with Crippen molar-refractivity contribution in [2.24, 2.45) is 0 Å². The van der Waals surface area contributed by atoms with E-state index in [-0.39, 0.29) is 36.3 Å². The third-order valence-electron chi connectivity index (χ3n) is 4.32. The molecule has 27 heavy (non-hydrogen) atoms. The Labute approximate surface area is 162 Å². The van der Waals surface area contributed by atoms with Gasteiger partial charge >= 0.3 is 0 Å². The molecule has 1 aliphatic rings. The first-order valence-corrected chi connectivity index (χ1v) is 9.90. The van der Waals surface area contributed by atoms with Crippen LogP contribution in [-0.2, 0) is 22.7 Å². The van der Waals surface area contributed by atoms with Crippen molar-refractivity contribution >= 4 is 17.7 Å². The molecular formula is C19H24FN3O3S. The van der Waals surface area contributed by atoms with Crippen LogP contribution in [0.5, 0.6) is 0 Å². The average Bonchev–Trinajstić information content (AvgIpc) is 3.02. The Morgan fingerprint density at radius 3 is 2.59 bits per heavy atom. The highest BCUT2D eigenvalue weighted by Gasteiger charge is 2.26. The van der Waals surface area contributed by atoms with Crippen molar-refractivity contribution in [2.45, 2.75) is 44.4 Å². The fraction of sp³-hybridized carbons (Fsp3) is 0.474. The molecule has 1 aromatic heterocycles. The maximum Gasteiger partial charge on any atom is 0.233 e. The maximum absolute atomic E-state index is 13.1. The summed E-state index contributed by atoms with van der Waals surface area (Å²) in [4.78, 5) is 18.8. The Balaban J connectivity index is 1.66. The number of rotatable bonds is 6. The minimum Gasteiger partial charge on any atom is -0.390 e. The normalized spacial score (nSPS) is 20.1. The van der Waals surface area contributed by atoms with Gasteiger partial charge in [0, 0.05) is 25.8 Å². The molecule has 1 aliphatic heterocycles. The van der Waals surface area contributed by atoms with Gasteiger partial charge in [-0.15, -0.1) is 0 Å². The van der Waals surface area contributed by atoms with Gasteiger partial charge in [0.05, 0.1) is 30.3 Å². The zero-order chi connectivity index (χ0) is 19.4. The van der Waals surface area contributed by atoms with Gasteiger partial charge in [-0.1, -0.05) is 23.9 Å². The van der Waals surface area contributed by atoms with E-state index >= 15 is 0 Å². The predicted octanol–water partition coefficient (Wildman–Crippen LogP) is 2.29. The molecule has 1 fully saturated rings. The Morgan fingerprint density at radius 1 is 1.30 bits per heavy atom. The fourth-order valence-electron chi connectivity index (χ4n) is 3.14. The Kier molecular flexibility index (Phi) is 6.51. The summed E-state index contributed by atoms with van der Waals surface area (Å²) < 4.78 is 20.6. The summed E-state index contributed by atoms with van der Waals surface area (Å²) >= 11 is 1.34. The molecule has 0 aliphatic carbocycles. The van der Waals surface area contributed by atoms with Gasteiger partial charge in [-0.25, -0.2) is 9.37 Å². The number of carbonyl (C=O) groups is 1. The lowest BCUT2D eigenvalue weighted by molar-refractivity contribution is -0.140. The number of aliphatic hydroxyl groups is 1. The minimum absolute atomic E-state index is 0.0316. The lowest BCUT2D eigenvalue weighted by atomic mass is 10.2. The number of hydrogen-bond acceptors (Lipinski definition) is 5. The Bertz CT molecular complexity index is 771. The summed E-state index contributed by atoms with van der Waals surface area (Å²) in [6.45, 7) is 5.44. The number of ether oxygens (including phenoxy) is 1. The molecule has 0 unspecified atom stereocenters. The van der Waals surface area contributed by atoms with Gasteiger partial charge in [-0.3, -0.25) is 4.79 Å². The summed E-state index contributed by atoms with van der Waals surface area (Å²) in [6, 6.07) is 6.25. The summed E-state index contributed by atoms with van der Waals surface area (Å²) in [5, 5.41) is 10.1. The van der Waals surface area contributed by atoms with Gasteiger partial charge in [0.2, 0.25) is 5.91 Å². The molecule has 146 valence electrons. The SMILES string of the molecule is C[C@@H]1CN(C(=O)CSc2nc(CO)cn2Cc2ccc(F)cc2)C[C@@H](C)O1. The number of aromatic nitrogens is 2. The number of aliphatic hydroxyl groups excluding tert-OH is 1. The highest BCUT2D eigenvalue weighted by Crippen LogP contribution is 2.21. The van der Waals surface area contributed by atoms with E-state index in [4.69, 9.17) is 4.74 Å². The van der Waals surface area contributed by atoms with E-state index < -0.39 is 0 Å². The lowest BCUT2D eigenvalue weighted by Crippen LogP contribution is -2.48. The zero-order valence-corrected chi connectivity index (χ0v) is 16.3. The van der Waals surface area contributed by atoms with Crippen LogP contribution in [0.2, 0.25) is 0 Å². The number of hydrogen-bond donors (Lipinski definition) is 1. The number of amides is 1. The number of carbonyl (C=O) groups excluding carboxylic acids is 1. The van der Waals surface area contributed by atoms with Crippen LogP contribution in [0.1, 0.15) is 25.1 Å². The van der Waals surface area contributed by atoms with E-state index in [1.54, 1.807) is 18.3 Å². The van der Waals surface area contributed by atoms with Crippen molar-refractivity contribution in [3.8, 4) is 0 Å². The number of thioether (sulfide) groups is 1. The van der Waals surface area contributed by atoms with Gasteiger partial charge in [-0.05, 0) is 31.5 Å². The zero-order valence-electron chi connectivity index (χ0n) is 15.5. The van der Waals surface area contributed by atoms with Gasteiger partial charge in [0.15, 0.2) is 5.16 Å². The number of halogens is 1. The number of benzene rings is 1. The molecule has 0 radical (unpaired) electrons. The molecule has 8 heteroatoms. The van der Waals surface area contributed by atoms with Crippen LogP contribution in [0.25, 0.3) is 0 Å². The van der Waals surface area contributed by atoms with Gasteiger partial charge in [0.1, 0.15) is 5.82 Å². The van der Waals surface area contributed by atoms with Crippen molar-refractivity contribution in [1.82, 2.24) is 14.5 Å². The first-order chi connectivity index (χ1) is 12.9. The molecule has 0 spiro atoms. The molecule has 2 aromatic rings. The van der Waals surface area contributed by atoms with Crippen LogP contribution < -0.4 is 0 Å². The molecular weight excluding hydrogens is 369 g/mol. The van der Waals surface area contributed by atoms with Crippen molar-refractivity contribution in [3.63, 3.8) is 0 Å². The van der Waals surface area contributed by atoms with E-state index in [9.17, 15) is 14.3 Å². The molecule has 1 saturated heterocycles. The Morgan fingerprint density at radius 2 is 1.96 bits per heavy atom. The molecule has 1 aromatic carbocycles. The predicted molar refractivity (Wildman–Crippen MR) is 101 cm³/mol. The first-order valence-electron chi connectivity index (χ1n) is 8.92. The van der Waals surface area contributed by atoms with E-state index in [0.29, 0.717) is 30.5 Å². The average molecular weight is 393 g/mol. The highest BCUT2D eigenvalue weighted by atomic mass is 32.2. The Hall–Kier alpha value is -1.90. The third-order valence-corrected chi connectivity index (χ3v) is 5.29. The van der Waals surface area contributed by atoms with Gasteiger partial charge < -0.3 is 19.3 Å². The quantitative estimate of drug-likeness (QED) is 0.763. The topological polar surface area (TPSA) is 67.6 Å². The molecule has 1 N–H and O–H groups in total. The van der Waals surface area contributed by atoms with Gasteiger partial charge in [0.25, 0.3) is 0 Å². The van der Waals surface area contributed by atoms with Crippen LogP contribution in [0.4, 0.5) is 4.39 Å². The minimum atomic E-state index is -0.283.